The van der Waals surface area contributed by atoms with E-state index in [2.05, 4.69) is 15.9 Å². The molecule has 3 nitrogen and oxygen atoms in total. The molecular formula is C12H16BrNO2. The Balaban J connectivity index is 2.60. The molecular weight excluding hydrogens is 270 g/mol. The predicted molar refractivity (Wildman–Crippen MR) is 67.7 cm³/mol. The van der Waals surface area contributed by atoms with Crippen molar-refractivity contribution >= 4 is 21.7 Å². The minimum absolute atomic E-state index is 0.0472. The Labute approximate surface area is 104 Å². The Morgan fingerprint density at radius 2 is 2.12 bits per heavy atom. The monoisotopic (exact) mass is 285 g/mol. The van der Waals surface area contributed by atoms with E-state index in [4.69, 9.17) is 0 Å². The number of ketones is 1. The van der Waals surface area contributed by atoms with Crippen LogP contribution in [0, 0.1) is 6.92 Å². The summed E-state index contributed by atoms with van der Waals surface area (Å²) in [7, 11) is 0. The highest BCUT2D eigenvalue weighted by atomic mass is 79.9. The molecule has 1 heterocycles. The first-order chi connectivity index (χ1) is 7.50. The van der Waals surface area contributed by atoms with E-state index in [1.54, 1.807) is 24.6 Å². The molecule has 0 aromatic carbocycles. The van der Waals surface area contributed by atoms with Gasteiger partial charge in [0.15, 0.2) is 0 Å². The molecule has 0 amide bonds. The summed E-state index contributed by atoms with van der Waals surface area (Å²) in [6.07, 6.45) is 4.09. The number of carbonyl (C=O) groups is 1. The number of unbranched alkanes of at least 4 members (excludes halogenated alkanes) is 1. The molecule has 0 saturated heterocycles. The van der Waals surface area contributed by atoms with Gasteiger partial charge in [0.25, 0.3) is 5.56 Å². The fourth-order valence-electron chi connectivity index (χ4n) is 1.56. The van der Waals surface area contributed by atoms with E-state index >= 15 is 0 Å². The van der Waals surface area contributed by atoms with Crippen molar-refractivity contribution in [2.24, 2.45) is 0 Å². The molecule has 16 heavy (non-hydrogen) atoms. The molecule has 0 bridgehead atoms. The third-order valence-corrected chi connectivity index (χ3v) is 2.84. The number of hydrogen-bond acceptors (Lipinski definition) is 2. The van der Waals surface area contributed by atoms with Gasteiger partial charge in [0.05, 0.1) is 0 Å². The number of nitrogens with zero attached hydrogens (tertiary/aromatic N) is 1. The number of rotatable bonds is 5. The Morgan fingerprint density at radius 3 is 2.75 bits per heavy atom. The van der Waals surface area contributed by atoms with E-state index in [1.165, 1.54) is 0 Å². The highest BCUT2D eigenvalue weighted by molar-refractivity contribution is 9.10. The number of aromatic nitrogens is 1. The lowest BCUT2D eigenvalue weighted by Crippen LogP contribution is -2.21. The van der Waals surface area contributed by atoms with Gasteiger partial charge in [-0.25, -0.2) is 0 Å². The van der Waals surface area contributed by atoms with E-state index in [9.17, 15) is 9.59 Å². The van der Waals surface area contributed by atoms with Crippen molar-refractivity contribution in [3.8, 4) is 0 Å². The van der Waals surface area contributed by atoms with Crippen molar-refractivity contribution in [3.63, 3.8) is 0 Å². The predicted octanol–water partition coefficient (Wildman–Crippen LogP) is 2.68. The highest BCUT2D eigenvalue weighted by Gasteiger charge is 2.02. The van der Waals surface area contributed by atoms with Crippen LogP contribution >= 0.6 is 15.9 Å². The van der Waals surface area contributed by atoms with E-state index in [0.717, 1.165) is 22.9 Å². The molecule has 0 spiro atoms. The molecule has 1 aromatic rings. The molecule has 0 radical (unpaired) electrons. The topological polar surface area (TPSA) is 39.1 Å². The molecule has 0 atom stereocenters. The number of hydrogen-bond donors (Lipinski definition) is 0. The van der Waals surface area contributed by atoms with Crippen molar-refractivity contribution in [2.75, 3.05) is 0 Å². The summed E-state index contributed by atoms with van der Waals surface area (Å²) < 4.78 is 2.61. The number of carbonyl (C=O) groups excluding carboxylic acids is 1. The Bertz CT molecular complexity index is 437. The minimum atomic E-state index is 0.0472. The van der Waals surface area contributed by atoms with Crippen LogP contribution in [-0.4, -0.2) is 10.4 Å². The van der Waals surface area contributed by atoms with Gasteiger partial charge in [-0.3, -0.25) is 4.79 Å². The Kier molecular flexibility index (Phi) is 4.93. The van der Waals surface area contributed by atoms with E-state index in [0.29, 0.717) is 13.0 Å². The average molecular weight is 286 g/mol. The van der Waals surface area contributed by atoms with Crippen LogP contribution in [-0.2, 0) is 11.3 Å². The second-order valence-electron chi connectivity index (χ2n) is 4.00. The van der Waals surface area contributed by atoms with Crippen LogP contribution in [0.2, 0.25) is 0 Å². The summed E-state index contributed by atoms with van der Waals surface area (Å²) in [6.45, 7) is 4.07. The summed E-state index contributed by atoms with van der Waals surface area (Å²) >= 11 is 3.37. The SMILES string of the molecule is CC(=O)CCCCn1cc(Br)cc(C)c1=O. The third-order valence-electron chi connectivity index (χ3n) is 2.41. The maximum Gasteiger partial charge on any atom is 0.253 e. The quantitative estimate of drug-likeness (QED) is 0.781. The molecule has 0 saturated carbocycles. The van der Waals surface area contributed by atoms with Gasteiger partial charge in [0.1, 0.15) is 5.78 Å². The Hall–Kier alpha value is -0.900. The summed E-state index contributed by atoms with van der Waals surface area (Å²) in [6, 6.07) is 1.81. The van der Waals surface area contributed by atoms with Gasteiger partial charge < -0.3 is 9.36 Å². The minimum Gasteiger partial charge on any atom is -0.314 e. The van der Waals surface area contributed by atoms with Crippen molar-refractivity contribution in [1.82, 2.24) is 4.57 Å². The van der Waals surface area contributed by atoms with Crippen LogP contribution < -0.4 is 5.56 Å². The third kappa shape index (κ3) is 3.93. The van der Waals surface area contributed by atoms with Gasteiger partial charge in [0.2, 0.25) is 0 Å². The lowest BCUT2D eigenvalue weighted by molar-refractivity contribution is -0.117. The van der Waals surface area contributed by atoms with Gasteiger partial charge in [-0.1, -0.05) is 0 Å². The van der Waals surface area contributed by atoms with E-state index < -0.39 is 0 Å². The molecule has 0 fully saturated rings. The van der Waals surface area contributed by atoms with Crippen LogP contribution in [0.5, 0.6) is 0 Å². The normalized spacial score (nSPS) is 10.4. The standard InChI is InChI=1S/C12H16BrNO2/c1-9-7-11(13)8-14(12(9)16)6-4-3-5-10(2)15/h7-8H,3-6H2,1-2H3. The summed E-state index contributed by atoms with van der Waals surface area (Å²) in [5, 5.41) is 0. The molecule has 0 aliphatic rings. The summed E-state index contributed by atoms with van der Waals surface area (Å²) in [5.41, 5.74) is 0.784. The van der Waals surface area contributed by atoms with Gasteiger partial charge in [0, 0.05) is 29.2 Å². The summed E-state index contributed by atoms with van der Waals surface area (Å²) in [5.74, 6) is 0.206. The Morgan fingerprint density at radius 1 is 1.44 bits per heavy atom. The fraction of sp³-hybridized carbons (Fsp3) is 0.500. The first-order valence-corrected chi connectivity index (χ1v) is 6.16. The van der Waals surface area contributed by atoms with Crippen LogP contribution in [0.1, 0.15) is 31.7 Å². The second-order valence-corrected chi connectivity index (χ2v) is 4.91. The molecule has 0 N–H and O–H groups in total. The fourth-order valence-corrected chi connectivity index (χ4v) is 2.15. The van der Waals surface area contributed by atoms with E-state index in [-0.39, 0.29) is 11.3 Å². The second kappa shape index (κ2) is 5.99. The van der Waals surface area contributed by atoms with Gasteiger partial charge in [-0.2, -0.15) is 0 Å². The zero-order valence-corrected chi connectivity index (χ0v) is 11.2. The molecule has 0 aliphatic carbocycles. The lowest BCUT2D eigenvalue weighted by atomic mass is 10.2. The highest BCUT2D eigenvalue weighted by Crippen LogP contribution is 2.09. The smallest absolute Gasteiger partial charge is 0.253 e. The van der Waals surface area contributed by atoms with Crippen LogP contribution in [0.15, 0.2) is 21.5 Å². The molecule has 1 rings (SSSR count). The maximum atomic E-state index is 11.7. The van der Waals surface area contributed by atoms with Crippen LogP contribution in [0.25, 0.3) is 0 Å². The molecule has 0 aliphatic heterocycles. The van der Waals surface area contributed by atoms with Crippen molar-refractivity contribution in [2.45, 2.75) is 39.7 Å². The molecule has 0 unspecified atom stereocenters. The number of aryl methyl sites for hydroxylation is 2. The van der Waals surface area contributed by atoms with E-state index in [1.807, 2.05) is 6.07 Å². The zero-order valence-electron chi connectivity index (χ0n) is 9.62. The molecule has 1 aromatic heterocycles. The first kappa shape index (κ1) is 13.2. The summed E-state index contributed by atoms with van der Waals surface area (Å²) in [4.78, 5) is 22.5. The number of pyridine rings is 1. The molecule has 4 heteroatoms. The van der Waals surface area contributed by atoms with Crippen molar-refractivity contribution < 1.29 is 4.79 Å². The van der Waals surface area contributed by atoms with Gasteiger partial charge in [-0.05, 0) is 48.7 Å². The van der Waals surface area contributed by atoms with Crippen molar-refractivity contribution in [1.29, 1.82) is 0 Å². The maximum absolute atomic E-state index is 11.7. The lowest BCUT2D eigenvalue weighted by Gasteiger charge is -2.07. The largest absolute Gasteiger partial charge is 0.314 e. The van der Waals surface area contributed by atoms with Crippen LogP contribution in [0.4, 0.5) is 0 Å². The van der Waals surface area contributed by atoms with Crippen LogP contribution in [0.3, 0.4) is 0 Å². The van der Waals surface area contributed by atoms with Crippen molar-refractivity contribution in [3.05, 3.63) is 32.7 Å². The van der Waals surface area contributed by atoms with Gasteiger partial charge >= 0.3 is 0 Å². The van der Waals surface area contributed by atoms with Gasteiger partial charge in [-0.15, -0.1) is 0 Å². The number of halogens is 1. The zero-order chi connectivity index (χ0) is 12.1. The number of Topliss-reactive ketones (excluding diaryl/α,β-unsaturated/α-hetero) is 1. The first-order valence-electron chi connectivity index (χ1n) is 5.36. The molecule has 88 valence electrons. The average Bonchev–Trinajstić information content (AvgIpc) is 2.19.